The van der Waals surface area contributed by atoms with Gasteiger partial charge in [0.1, 0.15) is 11.5 Å². The Bertz CT molecular complexity index is 1040. The molecule has 0 unspecified atom stereocenters. The lowest BCUT2D eigenvalue weighted by Crippen LogP contribution is -2.43. The maximum absolute atomic E-state index is 12.9. The molecule has 4 rings (SSSR count). The molecule has 0 radical (unpaired) electrons. The van der Waals surface area contributed by atoms with Gasteiger partial charge >= 0.3 is 0 Å². The van der Waals surface area contributed by atoms with Crippen LogP contribution < -0.4 is 19.7 Å². The van der Waals surface area contributed by atoms with E-state index in [1.165, 1.54) is 0 Å². The largest absolute Gasteiger partial charge is 0.497 e. The number of methoxy groups -OCH3 is 2. The number of aromatic nitrogens is 2. The summed E-state index contributed by atoms with van der Waals surface area (Å²) >= 11 is 0. The van der Waals surface area contributed by atoms with Crippen LogP contribution in [0.5, 0.6) is 11.5 Å². The van der Waals surface area contributed by atoms with Crippen molar-refractivity contribution < 1.29 is 14.3 Å². The van der Waals surface area contributed by atoms with Crippen LogP contribution in [0.3, 0.4) is 0 Å². The monoisotopic (exact) mass is 432 g/mol. The Labute approximate surface area is 188 Å². The molecule has 2 aromatic carbocycles. The van der Waals surface area contributed by atoms with Crippen molar-refractivity contribution in [3.05, 3.63) is 66.5 Å². The van der Waals surface area contributed by atoms with Gasteiger partial charge in [-0.15, -0.1) is 0 Å². The Morgan fingerprint density at radius 1 is 1.06 bits per heavy atom. The number of carbonyl (C=O) groups excluding carboxylic acids is 1. The molecule has 166 valence electrons. The average Bonchev–Trinajstić information content (AvgIpc) is 2.87. The maximum atomic E-state index is 12.9. The second kappa shape index (κ2) is 10.1. The van der Waals surface area contributed by atoms with Gasteiger partial charge in [-0.2, -0.15) is 0 Å². The summed E-state index contributed by atoms with van der Waals surface area (Å²) in [5, 5.41) is 3.06. The Balaban J connectivity index is 1.37. The van der Waals surface area contributed by atoms with Gasteiger partial charge in [0.15, 0.2) is 0 Å². The number of ether oxygens (including phenoxy) is 2. The number of piperidine rings is 1. The Hall–Kier alpha value is -3.61. The van der Waals surface area contributed by atoms with Gasteiger partial charge in [0.05, 0.1) is 20.1 Å². The summed E-state index contributed by atoms with van der Waals surface area (Å²) in [6.45, 7) is 1.86. The van der Waals surface area contributed by atoms with Crippen molar-refractivity contribution in [3.8, 4) is 22.6 Å². The Morgan fingerprint density at radius 2 is 1.84 bits per heavy atom. The highest BCUT2D eigenvalue weighted by atomic mass is 16.5. The topological polar surface area (TPSA) is 76.6 Å². The van der Waals surface area contributed by atoms with Crippen LogP contribution in [-0.2, 0) is 11.3 Å². The normalized spacial score (nSPS) is 15.8. The highest BCUT2D eigenvalue weighted by Crippen LogP contribution is 2.26. The average molecular weight is 433 g/mol. The summed E-state index contributed by atoms with van der Waals surface area (Å²) in [5.41, 5.74) is 2.98. The van der Waals surface area contributed by atoms with E-state index in [9.17, 15) is 4.79 Å². The molecule has 32 heavy (non-hydrogen) atoms. The number of nitrogens with zero attached hydrogens (tertiary/aromatic N) is 3. The van der Waals surface area contributed by atoms with Crippen LogP contribution in [0.1, 0.15) is 18.4 Å². The summed E-state index contributed by atoms with van der Waals surface area (Å²) in [6.07, 6.45) is 5.46. The van der Waals surface area contributed by atoms with Gasteiger partial charge in [-0.3, -0.25) is 4.79 Å². The van der Waals surface area contributed by atoms with Crippen molar-refractivity contribution in [1.29, 1.82) is 0 Å². The molecule has 3 aromatic rings. The molecule has 1 N–H and O–H groups in total. The number of benzene rings is 2. The molecule has 7 heteroatoms. The minimum atomic E-state index is -0.106. The fourth-order valence-corrected chi connectivity index (χ4v) is 3.96. The molecular formula is C25H28N4O3. The van der Waals surface area contributed by atoms with E-state index < -0.39 is 0 Å². The van der Waals surface area contributed by atoms with E-state index in [-0.39, 0.29) is 11.8 Å². The minimum Gasteiger partial charge on any atom is -0.497 e. The standard InChI is InChI=1S/C25H28N4O3/c1-31-22-11-10-19(23(13-22)32-2)14-26-24(30)20-9-6-12-29(17-20)25-27-15-21(16-28-25)18-7-4-3-5-8-18/h3-5,7-8,10-11,13,15-16,20H,6,9,12,14,17H2,1-2H3,(H,26,30)/t20-/m0/s1. The number of rotatable bonds is 7. The molecule has 0 spiro atoms. The molecule has 1 atom stereocenters. The molecule has 1 aliphatic heterocycles. The number of carbonyl (C=O) groups is 1. The van der Waals surface area contributed by atoms with Crippen LogP contribution in [0.4, 0.5) is 5.95 Å². The number of hydrogen-bond acceptors (Lipinski definition) is 6. The molecule has 0 aliphatic carbocycles. The fourth-order valence-electron chi connectivity index (χ4n) is 3.96. The summed E-state index contributed by atoms with van der Waals surface area (Å²) in [5.74, 6) is 2.01. The zero-order valence-electron chi connectivity index (χ0n) is 18.5. The molecule has 1 aromatic heterocycles. The third kappa shape index (κ3) is 4.99. The van der Waals surface area contributed by atoms with E-state index in [4.69, 9.17) is 9.47 Å². The summed E-state index contributed by atoms with van der Waals surface area (Å²) < 4.78 is 10.7. The molecule has 7 nitrogen and oxygen atoms in total. The Kier molecular flexibility index (Phi) is 6.84. The van der Waals surface area contributed by atoms with Crippen molar-refractivity contribution in [2.45, 2.75) is 19.4 Å². The van der Waals surface area contributed by atoms with Gasteiger partial charge in [-0.25, -0.2) is 9.97 Å². The van der Waals surface area contributed by atoms with Gasteiger partial charge in [0.25, 0.3) is 0 Å². The van der Waals surface area contributed by atoms with Crippen molar-refractivity contribution in [3.63, 3.8) is 0 Å². The third-order valence-corrected chi connectivity index (χ3v) is 5.77. The smallest absolute Gasteiger partial charge is 0.225 e. The highest BCUT2D eigenvalue weighted by molar-refractivity contribution is 5.79. The van der Waals surface area contributed by atoms with E-state index in [0.717, 1.165) is 41.8 Å². The molecule has 0 bridgehead atoms. The van der Waals surface area contributed by atoms with Crippen molar-refractivity contribution in [1.82, 2.24) is 15.3 Å². The highest BCUT2D eigenvalue weighted by Gasteiger charge is 2.27. The number of hydrogen-bond donors (Lipinski definition) is 1. The number of amides is 1. The minimum absolute atomic E-state index is 0.0356. The van der Waals surface area contributed by atoms with Crippen LogP contribution in [-0.4, -0.2) is 43.2 Å². The van der Waals surface area contributed by atoms with Gasteiger partial charge in [-0.05, 0) is 30.5 Å². The van der Waals surface area contributed by atoms with E-state index in [1.54, 1.807) is 14.2 Å². The molecule has 1 amide bonds. The lowest BCUT2D eigenvalue weighted by molar-refractivity contribution is -0.125. The van der Waals surface area contributed by atoms with Crippen molar-refractivity contribution >= 4 is 11.9 Å². The molecule has 1 aliphatic rings. The van der Waals surface area contributed by atoms with Gasteiger partial charge in [-0.1, -0.05) is 30.3 Å². The zero-order valence-corrected chi connectivity index (χ0v) is 18.5. The fraction of sp³-hybridized carbons (Fsp3) is 0.320. The lowest BCUT2D eigenvalue weighted by atomic mass is 9.97. The summed E-state index contributed by atoms with van der Waals surface area (Å²) in [6, 6.07) is 15.7. The maximum Gasteiger partial charge on any atom is 0.225 e. The molecule has 0 saturated carbocycles. The second-order valence-electron chi connectivity index (χ2n) is 7.82. The molecule has 1 saturated heterocycles. The first kappa shape index (κ1) is 21.6. The van der Waals surface area contributed by atoms with Gasteiger partial charge < -0.3 is 19.7 Å². The predicted molar refractivity (Wildman–Crippen MR) is 124 cm³/mol. The quantitative estimate of drug-likeness (QED) is 0.614. The van der Waals surface area contributed by atoms with Gasteiger partial charge in [0.2, 0.25) is 11.9 Å². The van der Waals surface area contributed by atoms with E-state index in [0.29, 0.717) is 24.8 Å². The van der Waals surface area contributed by atoms with Crippen molar-refractivity contribution in [2.24, 2.45) is 5.92 Å². The predicted octanol–water partition coefficient (Wildman–Crippen LogP) is 3.69. The van der Waals surface area contributed by atoms with Crippen LogP contribution in [0.2, 0.25) is 0 Å². The van der Waals surface area contributed by atoms with E-state index in [2.05, 4.69) is 20.2 Å². The molecule has 1 fully saturated rings. The van der Waals surface area contributed by atoms with Crippen molar-refractivity contribution in [2.75, 3.05) is 32.2 Å². The molecule has 2 heterocycles. The van der Waals surface area contributed by atoms with Gasteiger partial charge in [0, 0.05) is 49.2 Å². The van der Waals surface area contributed by atoms with E-state index >= 15 is 0 Å². The van der Waals surface area contributed by atoms with E-state index in [1.807, 2.05) is 60.9 Å². The second-order valence-corrected chi connectivity index (χ2v) is 7.82. The summed E-state index contributed by atoms with van der Waals surface area (Å²) in [4.78, 5) is 24.1. The van der Waals surface area contributed by atoms with Crippen LogP contribution >= 0.6 is 0 Å². The first-order valence-electron chi connectivity index (χ1n) is 10.8. The molecular weight excluding hydrogens is 404 g/mol. The summed E-state index contributed by atoms with van der Waals surface area (Å²) in [7, 11) is 3.23. The SMILES string of the molecule is COc1ccc(CNC(=O)[C@H]2CCCN(c3ncc(-c4ccccc4)cn3)C2)c(OC)c1. The first-order valence-corrected chi connectivity index (χ1v) is 10.8. The number of anilines is 1. The lowest BCUT2D eigenvalue weighted by Gasteiger charge is -2.32. The van der Waals surface area contributed by atoms with Crippen LogP contribution in [0.15, 0.2) is 60.9 Å². The zero-order chi connectivity index (χ0) is 22.3. The third-order valence-electron chi connectivity index (χ3n) is 5.77. The first-order chi connectivity index (χ1) is 15.7. The van der Waals surface area contributed by atoms with Crippen LogP contribution in [0.25, 0.3) is 11.1 Å². The van der Waals surface area contributed by atoms with Crippen LogP contribution in [0, 0.1) is 5.92 Å². The number of nitrogens with one attached hydrogen (secondary N) is 1. The Morgan fingerprint density at radius 3 is 2.56 bits per heavy atom.